The van der Waals surface area contributed by atoms with Crippen LogP contribution in [0.5, 0.6) is 5.75 Å². The smallest absolute Gasteiger partial charge is 0.172 e. The van der Waals surface area contributed by atoms with Crippen LogP contribution in [0.3, 0.4) is 0 Å². The van der Waals surface area contributed by atoms with Gasteiger partial charge in [-0.25, -0.2) is 0 Å². The first-order valence-electron chi connectivity index (χ1n) is 12.5. The van der Waals surface area contributed by atoms with Gasteiger partial charge in [-0.05, 0) is 55.3 Å². The van der Waals surface area contributed by atoms with Crippen molar-refractivity contribution in [3.05, 3.63) is 83.4 Å². The lowest BCUT2D eigenvalue weighted by Crippen LogP contribution is -2.46. The van der Waals surface area contributed by atoms with Gasteiger partial charge in [0.25, 0.3) is 0 Å². The van der Waals surface area contributed by atoms with Crippen molar-refractivity contribution in [2.24, 2.45) is 0 Å². The molecule has 1 unspecified atom stereocenters. The Labute approximate surface area is 207 Å². The van der Waals surface area contributed by atoms with Crippen LogP contribution in [-0.2, 0) is 6.54 Å². The summed E-state index contributed by atoms with van der Waals surface area (Å²) in [4.78, 5) is 18.2. The molecule has 0 amide bonds. The molecule has 0 spiro atoms. The Morgan fingerprint density at radius 3 is 2.63 bits per heavy atom. The zero-order valence-corrected chi connectivity index (χ0v) is 20.5. The molecular weight excluding hydrogens is 436 g/mol. The van der Waals surface area contributed by atoms with Crippen LogP contribution in [0.4, 0.5) is 17.1 Å². The quantitative estimate of drug-likeness (QED) is 0.383. The molecule has 35 heavy (non-hydrogen) atoms. The zero-order chi connectivity index (χ0) is 24.4. The molecule has 6 nitrogen and oxygen atoms in total. The van der Waals surface area contributed by atoms with E-state index in [1.54, 1.807) is 0 Å². The molecule has 0 radical (unpaired) electrons. The number of hydrogen-bond acceptors (Lipinski definition) is 6. The highest BCUT2D eigenvalue weighted by molar-refractivity contribution is 6.03. The molecule has 1 atom stereocenters. The number of Topliss-reactive ketones (excluding diaryl/α,β-unsaturated/α-hetero) is 1. The molecule has 5 rings (SSSR count). The lowest BCUT2D eigenvalue weighted by atomic mass is 9.91. The molecule has 0 bridgehead atoms. The maximum absolute atomic E-state index is 13.3. The molecule has 3 N–H and O–H groups in total. The molecule has 0 aliphatic carbocycles. The fraction of sp³-hybridized carbons (Fsp3) is 0.345. The minimum Gasteiger partial charge on any atom is -0.489 e. The Hall–Kier alpha value is -3.51. The zero-order valence-electron chi connectivity index (χ0n) is 20.5. The number of nitrogens with two attached hydrogens (primary N) is 1. The molecule has 2 aliphatic rings. The van der Waals surface area contributed by atoms with Crippen LogP contribution >= 0.6 is 0 Å². The summed E-state index contributed by atoms with van der Waals surface area (Å²) in [5, 5.41) is 3.33. The van der Waals surface area contributed by atoms with Crippen LogP contribution in [0.1, 0.15) is 41.3 Å². The number of benzene rings is 3. The second-order valence-corrected chi connectivity index (χ2v) is 9.74. The average molecular weight is 471 g/mol. The van der Waals surface area contributed by atoms with E-state index in [0.29, 0.717) is 12.2 Å². The van der Waals surface area contributed by atoms with Crippen LogP contribution in [0, 0.1) is 0 Å². The summed E-state index contributed by atoms with van der Waals surface area (Å²) in [5.74, 6) is 0.944. The molecule has 1 fully saturated rings. The summed E-state index contributed by atoms with van der Waals surface area (Å²) in [5.41, 5.74) is 11.7. The SMILES string of the molecule is CC(C)Oc1ccccc1N1CCN(Cc2cccc(C(=O)C3CNc4cc(N)ccc43)c2)CC1. The third-order valence-corrected chi connectivity index (χ3v) is 6.82. The lowest BCUT2D eigenvalue weighted by Gasteiger charge is -2.37. The standard InChI is InChI=1S/C29H34N4O2/c1-20(2)35-28-9-4-3-8-27(28)33-14-12-32(13-15-33)19-21-6-5-7-22(16-21)29(34)25-18-31-26-17-23(30)10-11-24(25)26/h3-11,16-17,20,25,31H,12-15,18-19,30H2,1-2H3. The number of piperazine rings is 1. The van der Waals surface area contributed by atoms with E-state index in [2.05, 4.69) is 59.3 Å². The van der Waals surface area contributed by atoms with Gasteiger partial charge < -0.3 is 20.7 Å². The van der Waals surface area contributed by atoms with Crippen LogP contribution < -0.4 is 20.7 Å². The molecule has 3 aromatic carbocycles. The first-order valence-corrected chi connectivity index (χ1v) is 12.5. The van der Waals surface area contributed by atoms with Crippen molar-refractivity contribution in [3.8, 4) is 5.75 Å². The highest BCUT2D eigenvalue weighted by atomic mass is 16.5. The van der Waals surface area contributed by atoms with Crippen molar-refractivity contribution >= 4 is 22.8 Å². The van der Waals surface area contributed by atoms with E-state index in [0.717, 1.165) is 55.3 Å². The van der Waals surface area contributed by atoms with Crippen molar-refractivity contribution in [2.75, 3.05) is 48.7 Å². The minimum absolute atomic E-state index is 0.152. The Kier molecular flexibility index (Phi) is 6.64. The number of nitrogens with one attached hydrogen (secondary N) is 1. The third kappa shape index (κ3) is 5.13. The van der Waals surface area contributed by atoms with Crippen LogP contribution in [-0.4, -0.2) is 49.5 Å². The van der Waals surface area contributed by atoms with E-state index in [9.17, 15) is 4.79 Å². The second-order valence-electron chi connectivity index (χ2n) is 9.74. The number of fused-ring (bicyclic) bond motifs is 1. The predicted octanol–water partition coefficient (Wildman–Crippen LogP) is 4.77. The third-order valence-electron chi connectivity index (χ3n) is 6.82. The molecule has 2 heterocycles. The number of carbonyl (C=O) groups excluding carboxylic acids is 1. The van der Waals surface area contributed by atoms with Gasteiger partial charge in [0.15, 0.2) is 5.78 Å². The summed E-state index contributed by atoms with van der Waals surface area (Å²) in [6, 6.07) is 22.2. The highest BCUT2D eigenvalue weighted by Gasteiger charge is 2.29. The Bertz CT molecular complexity index is 1200. The highest BCUT2D eigenvalue weighted by Crippen LogP contribution is 2.35. The van der Waals surface area contributed by atoms with Gasteiger partial charge in [0.05, 0.1) is 17.7 Å². The molecule has 3 aromatic rings. The van der Waals surface area contributed by atoms with Gasteiger partial charge in [-0.15, -0.1) is 0 Å². The van der Waals surface area contributed by atoms with Crippen LogP contribution in [0.2, 0.25) is 0 Å². The fourth-order valence-electron chi connectivity index (χ4n) is 5.09. The van der Waals surface area contributed by atoms with Crippen molar-refractivity contribution < 1.29 is 9.53 Å². The lowest BCUT2D eigenvalue weighted by molar-refractivity contribution is 0.0966. The summed E-state index contributed by atoms with van der Waals surface area (Å²) in [7, 11) is 0. The summed E-state index contributed by atoms with van der Waals surface area (Å²) in [6.45, 7) is 9.42. The molecule has 6 heteroatoms. The first kappa shape index (κ1) is 23.2. The van der Waals surface area contributed by atoms with E-state index in [1.807, 2.05) is 36.4 Å². The molecular formula is C29H34N4O2. The van der Waals surface area contributed by atoms with Crippen LogP contribution in [0.15, 0.2) is 66.7 Å². The molecule has 0 saturated carbocycles. The maximum atomic E-state index is 13.3. The van der Waals surface area contributed by atoms with E-state index < -0.39 is 0 Å². The molecule has 1 saturated heterocycles. The van der Waals surface area contributed by atoms with E-state index in [1.165, 1.54) is 11.3 Å². The van der Waals surface area contributed by atoms with Crippen molar-refractivity contribution in [3.63, 3.8) is 0 Å². The minimum atomic E-state index is -0.169. The number of nitrogen functional groups attached to an aromatic ring is 1. The summed E-state index contributed by atoms with van der Waals surface area (Å²) in [6.07, 6.45) is 0.152. The fourth-order valence-corrected chi connectivity index (χ4v) is 5.09. The van der Waals surface area contributed by atoms with Gasteiger partial charge in [-0.3, -0.25) is 9.69 Å². The number of ketones is 1. The van der Waals surface area contributed by atoms with Gasteiger partial charge in [0.1, 0.15) is 5.75 Å². The average Bonchev–Trinajstić information content (AvgIpc) is 3.27. The van der Waals surface area contributed by atoms with E-state index in [4.69, 9.17) is 10.5 Å². The number of nitrogens with zero attached hydrogens (tertiary/aromatic N) is 2. The molecule has 182 valence electrons. The number of hydrogen-bond donors (Lipinski definition) is 2. The van der Waals surface area contributed by atoms with Crippen LogP contribution in [0.25, 0.3) is 0 Å². The Morgan fingerprint density at radius 1 is 1.03 bits per heavy atom. The molecule has 2 aliphatic heterocycles. The monoisotopic (exact) mass is 470 g/mol. The van der Waals surface area contributed by atoms with Gasteiger partial charge in [-0.1, -0.05) is 36.4 Å². The topological polar surface area (TPSA) is 70.8 Å². The predicted molar refractivity (Wildman–Crippen MR) is 143 cm³/mol. The van der Waals surface area contributed by atoms with Crippen molar-refractivity contribution in [2.45, 2.75) is 32.4 Å². The number of carbonyl (C=O) groups is 1. The number of anilines is 3. The number of ether oxygens (including phenoxy) is 1. The molecule has 0 aromatic heterocycles. The summed E-state index contributed by atoms with van der Waals surface area (Å²) >= 11 is 0. The van der Waals surface area contributed by atoms with Crippen molar-refractivity contribution in [1.29, 1.82) is 0 Å². The summed E-state index contributed by atoms with van der Waals surface area (Å²) < 4.78 is 6.03. The van der Waals surface area contributed by atoms with Gasteiger partial charge in [0, 0.05) is 56.2 Å². The maximum Gasteiger partial charge on any atom is 0.172 e. The first-order chi connectivity index (χ1) is 17.0. The Morgan fingerprint density at radius 2 is 1.83 bits per heavy atom. The number of para-hydroxylation sites is 2. The largest absolute Gasteiger partial charge is 0.489 e. The van der Waals surface area contributed by atoms with E-state index >= 15 is 0 Å². The second kappa shape index (κ2) is 10.0. The Balaban J connectivity index is 1.22. The van der Waals surface area contributed by atoms with Gasteiger partial charge >= 0.3 is 0 Å². The normalized spacial score (nSPS) is 17.8. The van der Waals surface area contributed by atoms with Crippen molar-refractivity contribution in [1.82, 2.24) is 4.90 Å². The number of rotatable bonds is 7. The van der Waals surface area contributed by atoms with E-state index in [-0.39, 0.29) is 17.8 Å². The van der Waals surface area contributed by atoms with Gasteiger partial charge in [0.2, 0.25) is 0 Å². The van der Waals surface area contributed by atoms with Gasteiger partial charge in [-0.2, -0.15) is 0 Å².